The maximum atomic E-state index is 13.5. The Kier molecular flexibility index (Phi) is 2.71. The van der Waals surface area contributed by atoms with Gasteiger partial charge in [-0.3, -0.25) is 0 Å². The summed E-state index contributed by atoms with van der Waals surface area (Å²) < 4.78 is 13.5. The van der Waals surface area contributed by atoms with Gasteiger partial charge in [-0.2, -0.15) is 0 Å². The molecule has 2 N–H and O–H groups in total. The van der Waals surface area contributed by atoms with Crippen molar-refractivity contribution in [2.75, 3.05) is 23.7 Å². The van der Waals surface area contributed by atoms with Gasteiger partial charge in [-0.15, -0.1) is 0 Å². The number of benzene rings is 2. The van der Waals surface area contributed by atoms with E-state index in [2.05, 4.69) is 17.0 Å². The summed E-state index contributed by atoms with van der Waals surface area (Å²) in [6.45, 7) is 1.98. The number of nitrogens with two attached hydrogens (primary N) is 1. The molecule has 1 fully saturated rings. The van der Waals surface area contributed by atoms with E-state index in [-0.39, 0.29) is 11.2 Å². The zero-order valence-corrected chi connectivity index (χ0v) is 12.0. The number of anilines is 2. The average molecular weight is 282 g/mol. The van der Waals surface area contributed by atoms with E-state index in [1.54, 1.807) is 12.1 Å². The first-order valence-corrected chi connectivity index (χ1v) is 7.56. The Balaban J connectivity index is 1.60. The second-order valence-corrected chi connectivity index (χ2v) is 6.35. The second kappa shape index (κ2) is 4.48. The molecular weight excluding hydrogens is 263 g/mol. The SMILES string of the molecule is Nc1ccc(C2(CN3CCc4ccc(F)cc43)CC2)cc1. The lowest BCUT2D eigenvalue weighted by atomic mass is 9.95. The van der Waals surface area contributed by atoms with E-state index in [1.807, 2.05) is 18.2 Å². The van der Waals surface area contributed by atoms with Crippen LogP contribution in [0.2, 0.25) is 0 Å². The van der Waals surface area contributed by atoms with E-state index in [1.165, 1.54) is 24.0 Å². The molecule has 0 radical (unpaired) electrons. The molecule has 2 aromatic rings. The van der Waals surface area contributed by atoms with E-state index in [4.69, 9.17) is 5.73 Å². The summed E-state index contributed by atoms with van der Waals surface area (Å²) in [7, 11) is 0. The largest absolute Gasteiger partial charge is 0.399 e. The van der Waals surface area contributed by atoms with E-state index in [9.17, 15) is 4.39 Å². The molecular formula is C18H19FN2. The Labute approximate surface area is 124 Å². The number of rotatable bonds is 3. The van der Waals surface area contributed by atoms with Crippen molar-refractivity contribution in [2.45, 2.75) is 24.7 Å². The fourth-order valence-corrected chi connectivity index (χ4v) is 3.47. The zero-order valence-electron chi connectivity index (χ0n) is 12.0. The van der Waals surface area contributed by atoms with Gasteiger partial charge in [0.1, 0.15) is 5.82 Å². The highest BCUT2D eigenvalue weighted by Gasteiger charge is 2.46. The first-order chi connectivity index (χ1) is 10.2. The molecule has 0 amide bonds. The van der Waals surface area contributed by atoms with Crippen molar-refractivity contribution in [3.8, 4) is 0 Å². The number of halogens is 1. The van der Waals surface area contributed by atoms with E-state index < -0.39 is 0 Å². The monoisotopic (exact) mass is 282 g/mol. The fourth-order valence-electron chi connectivity index (χ4n) is 3.47. The molecule has 1 heterocycles. The predicted octanol–water partition coefficient (Wildman–Crippen LogP) is 3.50. The van der Waals surface area contributed by atoms with Crippen molar-refractivity contribution in [3.63, 3.8) is 0 Å². The number of hydrogen-bond donors (Lipinski definition) is 1. The molecule has 2 nitrogen and oxygen atoms in total. The van der Waals surface area contributed by atoms with Gasteiger partial charge in [0.2, 0.25) is 0 Å². The maximum Gasteiger partial charge on any atom is 0.125 e. The van der Waals surface area contributed by atoms with Crippen molar-refractivity contribution in [1.82, 2.24) is 0 Å². The number of hydrogen-bond acceptors (Lipinski definition) is 2. The molecule has 0 spiro atoms. The first kappa shape index (κ1) is 12.7. The molecule has 1 saturated carbocycles. The van der Waals surface area contributed by atoms with Crippen molar-refractivity contribution in [2.24, 2.45) is 0 Å². The van der Waals surface area contributed by atoms with Crippen molar-refractivity contribution >= 4 is 11.4 Å². The van der Waals surface area contributed by atoms with Crippen LogP contribution < -0.4 is 10.6 Å². The summed E-state index contributed by atoms with van der Waals surface area (Å²) in [6.07, 6.45) is 3.43. The standard InChI is InChI=1S/C18H19FN2/c19-15-4-1-13-7-10-21(17(13)11-15)12-18(8-9-18)14-2-5-16(20)6-3-14/h1-6,11H,7-10,12,20H2. The van der Waals surface area contributed by atoms with Crippen LogP contribution in [-0.4, -0.2) is 13.1 Å². The van der Waals surface area contributed by atoms with Crippen LogP contribution in [0.3, 0.4) is 0 Å². The number of nitrogens with zero attached hydrogens (tertiary/aromatic N) is 1. The molecule has 0 saturated heterocycles. The molecule has 3 heteroatoms. The molecule has 0 unspecified atom stereocenters. The van der Waals surface area contributed by atoms with Crippen LogP contribution in [-0.2, 0) is 11.8 Å². The van der Waals surface area contributed by atoms with Crippen LogP contribution >= 0.6 is 0 Å². The average Bonchev–Trinajstić information content (AvgIpc) is 3.16. The number of fused-ring (bicyclic) bond motifs is 1. The third-order valence-electron chi connectivity index (χ3n) is 4.91. The third kappa shape index (κ3) is 2.17. The van der Waals surface area contributed by atoms with Gasteiger partial charge in [-0.05, 0) is 54.7 Å². The van der Waals surface area contributed by atoms with E-state index in [0.29, 0.717) is 0 Å². The highest BCUT2D eigenvalue weighted by Crippen LogP contribution is 2.50. The second-order valence-electron chi connectivity index (χ2n) is 6.35. The van der Waals surface area contributed by atoms with Crippen LogP contribution in [0.1, 0.15) is 24.0 Å². The Morgan fingerprint density at radius 3 is 2.57 bits per heavy atom. The summed E-state index contributed by atoms with van der Waals surface area (Å²) in [5.74, 6) is -0.141. The van der Waals surface area contributed by atoms with Crippen LogP contribution in [0.5, 0.6) is 0 Å². The Bertz CT molecular complexity index is 674. The molecule has 1 aliphatic carbocycles. The van der Waals surface area contributed by atoms with Gasteiger partial charge in [0.25, 0.3) is 0 Å². The lowest BCUT2D eigenvalue weighted by Crippen LogP contribution is -2.31. The molecule has 108 valence electrons. The fraction of sp³-hybridized carbons (Fsp3) is 0.333. The molecule has 2 aromatic carbocycles. The van der Waals surface area contributed by atoms with Crippen LogP contribution in [0.15, 0.2) is 42.5 Å². The molecule has 4 rings (SSSR count). The van der Waals surface area contributed by atoms with Crippen molar-refractivity contribution < 1.29 is 4.39 Å². The molecule has 0 atom stereocenters. The zero-order chi connectivity index (χ0) is 14.4. The molecule has 0 aromatic heterocycles. The van der Waals surface area contributed by atoms with E-state index >= 15 is 0 Å². The Morgan fingerprint density at radius 2 is 1.86 bits per heavy atom. The number of nitrogen functional groups attached to an aromatic ring is 1. The smallest absolute Gasteiger partial charge is 0.125 e. The summed E-state index contributed by atoms with van der Waals surface area (Å²) in [5, 5.41) is 0. The Hall–Kier alpha value is -2.03. The van der Waals surface area contributed by atoms with Gasteiger partial charge in [-0.25, -0.2) is 4.39 Å². The van der Waals surface area contributed by atoms with Crippen LogP contribution in [0.4, 0.5) is 15.8 Å². The van der Waals surface area contributed by atoms with Gasteiger partial charge in [0.15, 0.2) is 0 Å². The Morgan fingerprint density at radius 1 is 1.10 bits per heavy atom. The normalized spacial score (nSPS) is 18.6. The van der Waals surface area contributed by atoms with Crippen molar-refractivity contribution in [3.05, 3.63) is 59.4 Å². The van der Waals surface area contributed by atoms with Gasteiger partial charge >= 0.3 is 0 Å². The molecule has 0 bridgehead atoms. The predicted molar refractivity (Wildman–Crippen MR) is 84.1 cm³/mol. The molecule has 21 heavy (non-hydrogen) atoms. The van der Waals surface area contributed by atoms with Gasteiger partial charge in [0.05, 0.1) is 0 Å². The van der Waals surface area contributed by atoms with Crippen LogP contribution in [0, 0.1) is 5.82 Å². The van der Waals surface area contributed by atoms with Gasteiger partial charge < -0.3 is 10.6 Å². The van der Waals surface area contributed by atoms with Gasteiger partial charge in [-0.1, -0.05) is 18.2 Å². The molecule has 1 aliphatic heterocycles. The highest BCUT2D eigenvalue weighted by molar-refractivity contribution is 5.59. The van der Waals surface area contributed by atoms with Crippen molar-refractivity contribution in [1.29, 1.82) is 0 Å². The lowest BCUT2D eigenvalue weighted by molar-refractivity contribution is 0.624. The van der Waals surface area contributed by atoms with Gasteiger partial charge in [0, 0.05) is 29.9 Å². The minimum atomic E-state index is -0.141. The summed E-state index contributed by atoms with van der Waals surface area (Å²) in [6, 6.07) is 13.4. The summed E-state index contributed by atoms with van der Waals surface area (Å²) >= 11 is 0. The summed E-state index contributed by atoms with van der Waals surface area (Å²) in [5.41, 5.74) is 10.5. The summed E-state index contributed by atoms with van der Waals surface area (Å²) in [4.78, 5) is 2.35. The highest BCUT2D eigenvalue weighted by atomic mass is 19.1. The molecule has 2 aliphatic rings. The third-order valence-corrected chi connectivity index (χ3v) is 4.91. The first-order valence-electron chi connectivity index (χ1n) is 7.56. The minimum absolute atomic E-state index is 0.141. The minimum Gasteiger partial charge on any atom is -0.399 e. The maximum absolute atomic E-state index is 13.5. The topological polar surface area (TPSA) is 29.3 Å². The quantitative estimate of drug-likeness (QED) is 0.873. The van der Waals surface area contributed by atoms with Crippen LogP contribution in [0.25, 0.3) is 0 Å². The lowest BCUT2D eigenvalue weighted by Gasteiger charge is -2.26. The van der Waals surface area contributed by atoms with E-state index in [0.717, 1.165) is 30.9 Å².